The molecule has 2 N–H and O–H groups in total. The number of sulfonamides is 1. The number of likely N-dealkylation sites (tertiary alicyclic amines) is 1. The number of benzene rings is 1. The summed E-state index contributed by atoms with van der Waals surface area (Å²) in [5.74, 6) is -4.26. The highest BCUT2D eigenvalue weighted by molar-refractivity contribution is 7.89. The SMILES string of the molecule is C[C@H](NS(=O)(=O)c1ccc(-c2sc(-c3nnc(CC(C)(C)C(=O)O)o3)nc2C(=O)N2CCCC[C@@H]2C)c(C(F)F)c1F)C(F)(F)F. The van der Waals surface area contributed by atoms with Gasteiger partial charge in [0, 0.05) is 24.6 Å². The zero-order valence-electron chi connectivity index (χ0n) is 24.8. The molecule has 1 aliphatic rings. The van der Waals surface area contributed by atoms with Crippen LogP contribution in [-0.4, -0.2) is 70.3 Å². The van der Waals surface area contributed by atoms with E-state index in [1.165, 1.54) is 23.5 Å². The van der Waals surface area contributed by atoms with Gasteiger partial charge < -0.3 is 14.4 Å². The summed E-state index contributed by atoms with van der Waals surface area (Å²) in [6, 6.07) is -1.64. The Balaban J connectivity index is 1.87. The highest BCUT2D eigenvalue weighted by Crippen LogP contribution is 2.43. The lowest BCUT2D eigenvalue weighted by molar-refractivity contribution is -0.147. The summed E-state index contributed by atoms with van der Waals surface area (Å²) in [5, 5.41) is 16.9. The third kappa shape index (κ3) is 7.20. The number of amides is 1. The number of hydrogen-bond donors (Lipinski definition) is 2. The zero-order valence-corrected chi connectivity index (χ0v) is 26.4. The molecule has 0 bridgehead atoms. The van der Waals surface area contributed by atoms with E-state index >= 15 is 4.39 Å². The summed E-state index contributed by atoms with van der Waals surface area (Å²) < 4.78 is 116. The molecule has 4 rings (SSSR count). The van der Waals surface area contributed by atoms with Crippen molar-refractivity contribution in [3.8, 4) is 21.3 Å². The minimum absolute atomic E-state index is 0.105. The topological polar surface area (TPSA) is 156 Å². The number of alkyl halides is 5. The minimum atomic E-state index is -5.28. The summed E-state index contributed by atoms with van der Waals surface area (Å²) in [6.07, 6.45) is -6.82. The predicted molar refractivity (Wildman–Crippen MR) is 151 cm³/mol. The van der Waals surface area contributed by atoms with Crippen molar-refractivity contribution in [2.75, 3.05) is 6.54 Å². The summed E-state index contributed by atoms with van der Waals surface area (Å²) in [5.41, 5.74) is -3.81. The first-order valence-corrected chi connectivity index (χ1v) is 16.1. The Morgan fingerprint density at radius 3 is 2.46 bits per heavy atom. The molecule has 11 nitrogen and oxygen atoms in total. The van der Waals surface area contributed by atoms with E-state index in [4.69, 9.17) is 4.42 Å². The van der Waals surface area contributed by atoms with E-state index in [0.717, 1.165) is 12.5 Å². The predicted octanol–water partition coefficient (Wildman–Crippen LogP) is 5.83. The number of carboxylic acid groups (broad SMARTS) is 1. The summed E-state index contributed by atoms with van der Waals surface area (Å²) in [7, 11) is -5.28. The molecule has 2 aromatic heterocycles. The van der Waals surface area contributed by atoms with E-state index in [1.807, 2.05) is 0 Å². The largest absolute Gasteiger partial charge is 0.481 e. The van der Waals surface area contributed by atoms with Crippen molar-refractivity contribution in [3.05, 3.63) is 35.1 Å². The average molecular weight is 698 g/mol. The number of rotatable bonds is 10. The van der Waals surface area contributed by atoms with Crippen molar-refractivity contribution >= 4 is 33.2 Å². The van der Waals surface area contributed by atoms with Gasteiger partial charge in [0.2, 0.25) is 15.9 Å². The van der Waals surface area contributed by atoms with E-state index in [1.54, 1.807) is 6.92 Å². The van der Waals surface area contributed by atoms with Gasteiger partial charge in [0.25, 0.3) is 18.2 Å². The second kappa shape index (κ2) is 12.9. The number of aliphatic carboxylic acids is 1. The maximum absolute atomic E-state index is 15.6. The standard InChI is InChI=1S/C27H29F6N5O6S2/c1-12-7-5-6-10-38(12)24(39)19-20(45-23(34-19)22-36-35-16(44-22)11-26(3,4)25(40)41)14-8-9-15(18(28)17(14)21(29)30)46(42,43)37-13(2)27(31,32)33/h8-9,12-13,21,37H,5-7,10-11H2,1-4H3,(H,40,41)/t12-,13-/m0/s1. The molecule has 19 heteroatoms. The lowest BCUT2D eigenvalue weighted by Crippen LogP contribution is -2.43. The molecule has 0 spiro atoms. The van der Waals surface area contributed by atoms with Crippen LogP contribution in [0.1, 0.15) is 75.3 Å². The van der Waals surface area contributed by atoms with Gasteiger partial charge in [-0.1, -0.05) is 6.07 Å². The number of piperidine rings is 1. The normalized spacial score (nSPS) is 17.0. The smallest absolute Gasteiger partial charge is 0.404 e. The monoisotopic (exact) mass is 697 g/mol. The Bertz CT molecular complexity index is 1740. The van der Waals surface area contributed by atoms with Crippen LogP contribution >= 0.6 is 11.3 Å². The minimum Gasteiger partial charge on any atom is -0.481 e. The maximum Gasteiger partial charge on any atom is 0.404 e. The number of thiazole rings is 1. The van der Waals surface area contributed by atoms with Gasteiger partial charge in [0.05, 0.1) is 15.9 Å². The summed E-state index contributed by atoms with van der Waals surface area (Å²) >= 11 is 0.580. The fourth-order valence-corrected chi connectivity index (χ4v) is 7.03. The van der Waals surface area contributed by atoms with Gasteiger partial charge in [0.15, 0.2) is 10.8 Å². The van der Waals surface area contributed by atoms with Crippen LogP contribution in [0.25, 0.3) is 21.3 Å². The van der Waals surface area contributed by atoms with Gasteiger partial charge in [-0.15, -0.1) is 21.5 Å². The highest BCUT2D eigenvalue weighted by atomic mass is 32.2. The first-order chi connectivity index (χ1) is 21.2. The molecule has 0 radical (unpaired) electrons. The Kier molecular flexibility index (Phi) is 9.90. The van der Waals surface area contributed by atoms with E-state index in [0.29, 0.717) is 43.7 Å². The zero-order chi connectivity index (χ0) is 34.4. The molecule has 1 amide bonds. The van der Waals surface area contributed by atoms with Crippen molar-refractivity contribution < 1.29 is 53.9 Å². The molecule has 46 heavy (non-hydrogen) atoms. The van der Waals surface area contributed by atoms with Gasteiger partial charge in [0.1, 0.15) is 16.6 Å². The van der Waals surface area contributed by atoms with E-state index in [2.05, 4.69) is 15.2 Å². The lowest BCUT2D eigenvalue weighted by atomic mass is 9.90. The molecular weight excluding hydrogens is 668 g/mol. The second-order valence-corrected chi connectivity index (χ2v) is 14.1. The Morgan fingerprint density at radius 1 is 1.20 bits per heavy atom. The molecule has 0 saturated carbocycles. The molecule has 2 atom stereocenters. The van der Waals surface area contributed by atoms with Crippen molar-refractivity contribution in [3.63, 3.8) is 0 Å². The van der Waals surface area contributed by atoms with Crippen molar-refractivity contribution in [2.45, 2.75) is 83.0 Å². The number of nitrogens with zero attached hydrogens (tertiary/aromatic N) is 4. The summed E-state index contributed by atoms with van der Waals surface area (Å²) in [6.45, 7) is 5.37. The fourth-order valence-electron chi connectivity index (χ4n) is 4.69. The molecule has 1 saturated heterocycles. The number of nitrogens with one attached hydrogen (secondary N) is 1. The number of carbonyl (C=O) groups is 2. The maximum atomic E-state index is 15.6. The fraction of sp³-hybridized carbons (Fsp3) is 0.519. The second-order valence-electron chi connectivity index (χ2n) is 11.4. The van der Waals surface area contributed by atoms with E-state index in [9.17, 15) is 45.1 Å². The van der Waals surface area contributed by atoms with E-state index < -0.39 is 73.5 Å². The first kappa shape index (κ1) is 35.3. The molecule has 3 aromatic rings. The van der Waals surface area contributed by atoms with E-state index in [-0.39, 0.29) is 34.1 Å². The van der Waals surface area contributed by atoms with Gasteiger partial charge in [-0.3, -0.25) is 9.59 Å². The molecular formula is C27H29F6N5O6S2. The lowest BCUT2D eigenvalue weighted by Gasteiger charge is -2.33. The molecule has 3 heterocycles. The molecule has 1 aromatic carbocycles. The molecule has 1 aliphatic heterocycles. The number of hydrogen-bond acceptors (Lipinski definition) is 9. The van der Waals surface area contributed by atoms with Crippen LogP contribution in [0.4, 0.5) is 26.3 Å². The van der Waals surface area contributed by atoms with Crippen LogP contribution in [0.5, 0.6) is 0 Å². The summed E-state index contributed by atoms with van der Waals surface area (Å²) in [4.78, 5) is 29.3. The molecule has 252 valence electrons. The quantitative estimate of drug-likeness (QED) is 0.249. The van der Waals surface area contributed by atoms with Gasteiger partial charge >= 0.3 is 12.1 Å². The van der Waals surface area contributed by atoms with Gasteiger partial charge in [-0.05, 0) is 53.0 Å². The number of aromatic nitrogens is 3. The van der Waals surface area contributed by atoms with Crippen LogP contribution in [0, 0.1) is 11.2 Å². The molecule has 1 fully saturated rings. The van der Waals surface area contributed by atoms with Crippen LogP contribution < -0.4 is 4.72 Å². The average Bonchev–Trinajstić information content (AvgIpc) is 3.58. The third-order valence-corrected chi connectivity index (χ3v) is 10.1. The Labute approximate surface area is 263 Å². The third-order valence-electron chi connectivity index (χ3n) is 7.44. The highest BCUT2D eigenvalue weighted by Gasteiger charge is 2.41. The van der Waals surface area contributed by atoms with Crippen molar-refractivity contribution in [2.24, 2.45) is 5.41 Å². The van der Waals surface area contributed by atoms with Crippen molar-refractivity contribution in [1.82, 2.24) is 24.8 Å². The van der Waals surface area contributed by atoms with Crippen LogP contribution in [0.15, 0.2) is 21.4 Å². The van der Waals surface area contributed by atoms with Crippen LogP contribution in [-0.2, 0) is 21.2 Å². The molecule has 0 aliphatic carbocycles. The van der Waals surface area contributed by atoms with Crippen LogP contribution in [0.2, 0.25) is 0 Å². The Morgan fingerprint density at radius 2 is 1.87 bits per heavy atom. The first-order valence-electron chi connectivity index (χ1n) is 13.8. The molecule has 0 unspecified atom stereocenters. The number of halogens is 6. The van der Waals surface area contributed by atoms with Crippen molar-refractivity contribution in [1.29, 1.82) is 0 Å². The number of carbonyl (C=O) groups excluding carboxylic acids is 1. The van der Waals surface area contributed by atoms with Crippen LogP contribution in [0.3, 0.4) is 0 Å². The Hall–Kier alpha value is -3.58. The van der Waals surface area contributed by atoms with Gasteiger partial charge in [-0.2, -0.15) is 17.9 Å². The van der Waals surface area contributed by atoms with Gasteiger partial charge in [-0.25, -0.2) is 26.6 Å². The number of carboxylic acids is 1.